The lowest BCUT2D eigenvalue weighted by molar-refractivity contribution is -0.122. The van der Waals surface area contributed by atoms with Crippen molar-refractivity contribution in [2.24, 2.45) is 0 Å². The Labute approximate surface area is 172 Å². The second-order valence-electron chi connectivity index (χ2n) is 7.11. The summed E-state index contributed by atoms with van der Waals surface area (Å²) >= 11 is 0. The van der Waals surface area contributed by atoms with Crippen LogP contribution < -0.4 is 19.5 Å². The van der Waals surface area contributed by atoms with Gasteiger partial charge in [0.05, 0.1) is 12.6 Å². The highest BCUT2D eigenvalue weighted by Crippen LogP contribution is 2.32. The van der Waals surface area contributed by atoms with E-state index in [1.807, 2.05) is 61.3 Å². The van der Waals surface area contributed by atoms with Gasteiger partial charge in [-0.25, -0.2) is 0 Å². The Hall–Kier alpha value is -2.99. The quantitative estimate of drug-likeness (QED) is 0.659. The summed E-state index contributed by atoms with van der Waals surface area (Å²) in [5.41, 5.74) is 2.10. The largest absolute Gasteiger partial charge is 0.490 e. The van der Waals surface area contributed by atoms with E-state index in [1.54, 1.807) is 6.08 Å². The van der Waals surface area contributed by atoms with Gasteiger partial charge in [-0.1, -0.05) is 30.9 Å². The third-order valence-corrected chi connectivity index (χ3v) is 4.60. The number of hydrogen-bond donors (Lipinski definition) is 1. The summed E-state index contributed by atoms with van der Waals surface area (Å²) in [6.07, 6.45) is 1.71. The molecular weight excluding hydrogens is 368 g/mol. The van der Waals surface area contributed by atoms with Crippen molar-refractivity contribution in [2.45, 2.75) is 19.5 Å². The first-order valence-electron chi connectivity index (χ1n) is 9.75. The zero-order chi connectivity index (χ0) is 20.6. The summed E-state index contributed by atoms with van der Waals surface area (Å²) in [5.74, 6) is 2.26. The van der Waals surface area contributed by atoms with Crippen LogP contribution in [0.25, 0.3) is 0 Å². The van der Waals surface area contributed by atoms with Crippen molar-refractivity contribution >= 4 is 5.91 Å². The molecule has 29 heavy (non-hydrogen) atoms. The summed E-state index contributed by atoms with van der Waals surface area (Å²) in [7, 11) is 1.93. The lowest BCUT2D eigenvalue weighted by Crippen LogP contribution is -2.36. The average Bonchev–Trinajstić information content (AvgIpc) is 2.72. The van der Waals surface area contributed by atoms with E-state index in [0.29, 0.717) is 32.9 Å². The number of rotatable bonds is 9. The lowest BCUT2D eigenvalue weighted by atomic mass is 10.1. The molecule has 1 aliphatic rings. The number of carbonyl (C=O) groups excluding carboxylic acids is 1. The van der Waals surface area contributed by atoms with Crippen molar-refractivity contribution in [2.75, 3.05) is 33.4 Å². The second kappa shape index (κ2) is 9.98. The number of ether oxygens (including phenoxy) is 3. The van der Waals surface area contributed by atoms with E-state index in [-0.39, 0.29) is 11.9 Å². The third-order valence-electron chi connectivity index (χ3n) is 4.60. The van der Waals surface area contributed by atoms with Gasteiger partial charge < -0.3 is 19.5 Å². The van der Waals surface area contributed by atoms with Gasteiger partial charge in [0.2, 0.25) is 5.91 Å². The molecule has 0 bridgehead atoms. The topological polar surface area (TPSA) is 60.0 Å². The Morgan fingerprint density at radius 1 is 1.21 bits per heavy atom. The van der Waals surface area contributed by atoms with Crippen molar-refractivity contribution in [3.05, 3.63) is 66.2 Å². The van der Waals surface area contributed by atoms with Gasteiger partial charge in [-0.3, -0.25) is 9.69 Å². The van der Waals surface area contributed by atoms with Gasteiger partial charge in [0.25, 0.3) is 0 Å². The molecule has 0 fully saturated rings. The number of carbonyl (C=O) groups is 1. The molecule has 2 aromatic rings. The molecule has 154 valence electrons. The molecule has 0 saturated heterocycles. The van der Waals surface area contributed by atoms with E-state index >= 15 is 0 Å². The van der Waals surface area contributed by atoms with Crippen molar-refractivity contribution in [1.29, 1.82) is 0 Å². The molecule has 1 heterocycles. The molecule has 3 rings (SSSR count). The fraction of sp³-hybridized carbons (Fsp3) is 0.348. The van der Waals surface area contributed by atoms with E-state index < -0.39 is 0 Å². The van der Waals surface area contributed by atoms with E-state index in [1.165, 1.54) is 0 Å². The maximum atomic E-state index is 12.5. The van der Waals surface area contributed by atoms with Gasteiger partial charge in [0.1, 0.15) is 25.6 Å². The van der Waals surface area contributed by atoms with Gasteiger partial charge in [0, 0.05) is 6.54 Å². The number of hydrogen-bond acceptors (Lipinski definition) is 5. The van der Waals surface area contributed by atoms with E-state index in [4.69, 9.17) is 14.2 Å². The molecule has 0 unspecified atom stereocenters. The van der Waals surface area contributed by atoms with Crippen LogP contribution in [0.4, 0.5) is 0 Å². The monoisotopic (exact) mass is 396 g/mol. The van der Waals surface area contributed by atoms with Crippen LogP contribution in [-0.2, 0) is 11.3 Å². The first kappa shape index (κ1) is 20.7. The van der Waals surface area contributed by atoms with Crippen LogP contribution in [0.5, 0.6) is 17.2 Å². The van der Waals surface area contributed by atoms with Crippen LogP contribution in [0, 0.1) is 0 Å². The molecule has 0 aliphatic carbocycles. The summed E-state index contributed by atoms with van der Waals surface area (Å²) in [6.45, 7) is 8.18. The van der Waals surface area contributed by atoms with Crippen LogP contribution in [-0.4, -0.2) is 44.2 Å². The van der Waals surface area contributed by atoms with Crippen LogP contribution in [0.15, 0.2) is 55.1 Å². The summed E-state index contributed by atoms with van der Waals surface area (Å²) in [5, 5.41) is 3.05. The van der Waals surface area contributed by atoms with Crippen molar-refractivity contribution in [1.82, 2.24) is 10.2 Å². The molecule has 6 heteroatoms. The standard InChI is InChI=1S/C23H28N2O4/c1-4-11-27-20-8-5-18(6-9-20)15-25(3)16-23(26)24-17(2)19-7-10-21-22(14-19)29-13-12-28-21/h4-10,14,17H,1,11-13,15-16H2,2-3H3,(H,24,26)/t17-/m1/s1. The van der Waals surface area contributed by atoms with Gasteiger partial charge >= 0.3 is 0 Å². The first-order chi connectivity index (χ1) is 14.0. The van der Waals surface area contributed by atoms with Crippen molar-refractivity contribution in [3.8, 4) is 17.2 Å². The van der Waals surface area contributed by atoms with E-state index in [0.717, 1.165) is 28.4 Å². The molecule has 1 N–H and O–H groups in total. The molecule has 2 aromatic carbocycles. The molecule has 0 aromatic heterocycles. The van der Waals surface area contributed by atoms with E-state index in [9.17, 15) is 4.79 Å². The number of likely N-dealkylation sites (N-methyl/N-ethyl adjacent to an activating group) is 1. The highest BCUT2D eigenvalue weighted by atomic mass is 16.6. The van der Waals surface area contributed by atoms with Gasteiger partial charge in [-0.2, -0.15) is 0 Å². The number of benzene rings is 2. The first-order valence-corrected chi connectivity index (χ1v) is 9.75. The summed E-state index contributed by atoms with van der Waals surface area (Å²) < 4.78 is 16.7. The maximum Gasteiger partial charge on any atom is 0.234 e. The molecule has 6 nitrogen and oxygen atoms in total. The Kier molecular flexibility index (Phi) is 7.14. The predicted octanol–water partition coefficient (Wildman–Crippen LogP) is 3.33. The smallest absolute Gasteiger partial charge is 0.234 e. The van der Waals surface area contributed by atoms with Crippen LogP contribution in [0.2, 0.25) is 0 Å². The fourth-order valence-corrected chi connectivity index (χ4v) is 3.16. The molecule has 1 aliphatic heterocycles. The Balaban J connectivity index is 1.48. The molecule has 0 saturated carbocycles. The van der Waals surface area contributed by atoms with Crippen molar-refractivity contribution in [3.63, 3.8) is 0 Å². The number of nitrogens with zero attached hydrogens (tertiary/aromatic N) is 1. The van der Waals surface area contributed by atoms with Crippen LogP contribution >= 0.6 is 0 Å². The average molecular weight is 396 g/mol. The minimum absolute atomic E-state index is 0.0270. The van der Waals surface area contributed by atoms with Gasteiger partial charge in [0.15, 0.2) is 11.5 Å². The normalized spacial score (nSPS) is 13.6. The highest BCUT2D eigenvalue weighted by molar-refractivity contribution is 5.78. The number of fused-ring (bicyclic) bond motifs is 1. The lowest BCUT2D eigenvalue weighted by Gasteiger charge is -2.22. The minimum Gasteiger partial charge on any atom is -0.490 e. The maximum absolute atomic E-state index is 12.5. The zero-order valence-electron chi connectivity index (χ0n) is 17.0. The molecule has 0 radical (unpaired) electrons. The molecule has 0 spiro atoms. The Morgan fingerprint density at radius 2 is 1.93 bits per heavy atom. The fourth-order valence-electron chi connectivity index (χ4n) is 3.16. The Morgan fingerprint density at radius 3 is 2.66 bits per heavy atom. The van der Waals surface area contributed by atoms with Crippen LogP contribution in [0.3, 0.4) is 0 Å². The Bertz CT molecular complexity index is 835. The molecule has 1 amide bonds. The zero-order valence-corrected chi connectivity index (χ0v) is 17.0. The van der Waals surface area contributed by atoms with Crippen LogP contribution in [0.1, 0.15) is 24.1 Å². The summed E-state index contributed by atoms with van der Waals surface area (Å²) in [6, 6.07) is 13.5. The summed E-state index contributed by atoms with van der Waals surface area (Å²) in [4.78, 5) is 14.4. The minimum atomic E-state index is -0.118. The predicted molar refractivity (Wildman–Crippen MR) is 112 cm³/mol. The third kappa shape index (κ3) is 5.99. The highest BCUT2D eigenvalue weighted by Gasteiger charge is 2.16. The molecule has 1 atom stereocenters. The van der Waals surface area contributed by atoms with Gasteiger partial charge in [-0.05, 0) is 49.4 Å². The number of nitrogens with one attached hydrogen (secondary N) is 1. The number of amides is 1. The van der Waals surface area contributed by atoms with Crippen molar-refractivity contribution < 1.29 is 19.0 Å². The SMILES string of the molecule is C=CCOc1ccc(CN(C)CC(=O)N[C@H](C)c2ccc3c(c2)OCCO3)cc1. The second-order valence-corrected chi connectivity index (χ2v) is 7.11. The molecular formula is C23H28N2O4. The van der Waals surface area contributed by atoms with Gasteiger partial charge in [-0.15, -0.1) is 0 Å². The van der Waals surface area contributed by atoms with E-state index in [2.05, 4.69) is 11.9 Å².